The predicted molar refractivity (Wildman–Crippen MR) is 105 cm³/mol. The van der Waals surface area contributed by atoms with Gasteiger partial charge in [0.2, 0.25) is 0 Å². The lowest BCUT2D eigenvalue weighted by Gasteiger charge is -2.36. The van der Waals surface area contributed by atoms with Crippen molar-refractivity contribution in [2.45, 2.75) is 31.6 Å². The summed E-state index contributed by atoms with van der Waals surface area (Å²) in [6.45, 7) is 0.931. The lowest BCUT2D eigenvalue weighted by molar-refractivity contribution is -0.139. The van der Waals surface area contributed by atoms with Gasteiger partial charge in [0.1, 0.15) is 23.9 Å². The van der Waals surface area contributed by atoms with Crippen LogP contribution in [0, 0.1) is 0 Å². The molecule has 28 heavy (non-hydrogen) atoms. The summed E-state index contributed by atoms with van der Waals surface area (Å²) >= 11 is 6.15. The van der Waals surface area contributed by atoms with Crippen LogP contribution in [0.1, 0.15) is 12.8 Å². The van der Waals surface area contributed by atoms with Crippen molar-refractivity contribution in [2.75, 3.05) is 32.1 Å². The number of halogens is 4. The number of aromatic nitrogens is 3. The van der Waals surface area contributed by atoms with Gasteiger partial charge < -0.3 is 14.4 Å². The standard InChI is InChI=1S/C19H21ClF3N5/c1-26-7-5-12(6-8-26)27(2)13-3-4-15-14(9-13)16-17(18(20)25-11-24-16)28(15)10-19(21,22)23/h3-4,9,11-12H,5-8,10H2,1-2H3. The number of hydrogen-bond donors (Lipinski definition) is 0. The van der Waals surface area contributed by atoms with Gasteiger partial charge in [-0.05, 0) is 51.2 Å². The topological polar surface area (TPSA) is 37.2 Å². The van der Waals surface area contributed by atoms with Crippen molar-refractivity contribution in [1.29, 1.82) is 0 Å². The summed E-state index contributed by atoms with van der Waals surface area (Å²) in [6, 6.07) is 5.90. The van der Waals surface area contributed by atoms with Gasteiger partial charge in [0.05, 0.1) is 5.52 Å². The molecule has 1 aliphatic rings. The molecule has 2 aromatic heterocycles. The molecular formula is C19H21ClF3N5. The van der Waals surface area contributed by atoms with Crippen molar-refractivity contribution in [2.24, 2.45) is 0 Å². The smallest absolute Gasteiger partial charge is 0.371 e. The molecule has 150 valence electrons. The Labute approximate surface area is 165 Å². The van der Waals surface area contributed by atoms with Crippen LogP contribution in [-0.2, 0) is 6.54 Å². The number of hydrogen-bond acceptors (Lipinski definition) is 4. The Bertz CT molecular complexity index is 1010. The minimum Gasteiger partial charge on any atom is -0.371 e. The third-order valence-corrected chi connectivity index (χ3v) is 5.83. The Morgan fingerprint density at radius 2 is 1.93 bits per heavy atom. The molecule has 3 aromatic rings. The Morgan fingerprint density at radius 1 is 1.21 bits per heavy atom. The average molecular weight is 412 g/mol. The van der Waals surface area contributed by atoms with E-state index in [1.807, 2.05) is 19.2 Å². The van der Waals surface area contributed by atoms with Gasteiger partial charge in [-0.15, -0.1) is 0 Å². The third kappa shape index (κ3) is 3.51. The highest BCUT2D eigenvalue weighted by atomic mass is 35.5. The highest BCUT2D eigenvalue weighted by molar-refractivity contribution is 6.34. The first kappa shape index (κ1) is 19.3. The zero-order valence-electron chi connectivity index (χ0n) is 15.7. The van der Waals surface area contributed by atoms with Crippen molar-refractivity contribution in [3.05, 3.63) is 29.7 Å². The summed E-state index contributed by atoms with van der Waals surface area (Å²) in [7, 11) is 4.15. The van der Waals surface area contributed by atoms with Crippen LogP contribution in [0.4, 0.5) is 18.9 Å². The molecule has 0 radical (unpaired) electrons. The maximum atomic E-state index is 13.2. The monoisotopic (exact) mass is 411 g/mol. The van der Waals surface area contributed by atoms with E-state index < -0.39 is 12.7 Å². The highest BCUT2D eigenvalue weighted by Gasteiger charge is 2.31. The fourth-order valence-corrected chi connectivity index (χ4v) is 4.25. The van der Waals surface area contributed by atoms with Crippen molar-refractivity contribution in [3.63, 3.8) is 0 Å². The molecule has 0 saturated carbocycles. The van der Waals surface area contributed by atoms with Gasteiger partial charge in [0.15, 0.2) is 5.15 Å². The Hall–Kier alpha value is -2.06. The number of nitrogens with zero attached hydrogens (tertiary/aromatic N) is 5. The summed E-state index contributed by atoms with van der Waals surface area (Å²) in [6.07, 6.45) is -0.985. The Kier molecular flexibility index (Phi) is 4.87. The average Bonchev–Trinajstić information content (AvgIpc) is 2.95. The lowest BCUT2D eigenvalue weighted by atomic mass is 10.0. The number of rotatable bonds is 3. The molecule has 1 aromatic carbocycles. The lowest BCUT2D eigenvalue weighted by Crippen LogP contribution is -2.41. The van der Waals surface area contributed by atoms with Gasteiger partial charge in [-0.1, -0.05) is 11.6 Å². The predicted octanol–water partition coefficient (Wildman–Crippen LogP) is 4.33. The maximum Gasteiger partial charge on any atom is 0.406 e. The SMILES string of the molecule is CN1CCC(N(C)c2ccc3c(c2)c2ncnc(Cl)c2n3CC(F)(F)F)CC1. The van der Waals surface area contributed by atoms with Crippen LogP contribution in [0.2, 0.25) is 5.15 Å². The maximum absolute atomic E-state index is 13.2. The van der Waals surface area contributed by atoms with Gasteiger partial charge in [-0.25, -0.2) is 9.97 Å². The first-order chi connectivity index (χ1) is 13.2. The quantitative estimate of drug-likeness (QED) is 0.601. The van der Waals surface area contributed by atoms with Gasteiger partial charge in [0.25, 0.3) is 0 Å². The number of piperidine rings is 1. The van der Waals surface area contributed by atoms with Crippen LogP contribution in [0.5, 0.6) is 0 Å². The molecule has 1 saturated heterocycles. The van der Waals surface area contributed by atoms with Gasteiger partial charge in [-0.3, -0.25) is 0 Å². The molecule has 0 amide bonds. The van der Waals surface area contributed by atoms with Crippen LogP contribution in [0.15, 0.2) is 24.5 Å². The highest BCUT2D eigenvalue weighted by Crippen LogP contribution is 2.36. The van der Waals surface area contributed by atoms with Crippen molar-refractivity contribution in [1.82, 2.24) is 19.4 Å². The zero-order valence-corrected chi connectivity index (χ0v) is 16.4. The van der Waals surface area contributed by atoms with E-state index in [-0.39, 0.29) is 10.7 Å². The Balaban J connectivity index is 1.81. The summed E-state index contributed by atoms with van der Waals surface area (Å²) in [4.78, 5) is 12.6. The molecular weight excluding hydrogens is 391 g/mol. The van der Waals surface area contributed by atoms with Gasteiger partial charge in [0, 0.05) is 24.2 Å². The molecule has 5 nitrogen and oxygen atoms in total. The minimum absolute atomic E-state index is 0.0238. The molecule has 1 aliphatic heterocycles. The largest absolute Gasteiger partial charge is 0.406 e. The number of anilines is 1. The van der Waals surface area contributed by atoms with E-state index in [2.05, 4.69) is 26.8 Å². The minimum atomic E-state index is -4.37. The molecule has 0 atom stereocenters. The van der Waals surface area contributed by atoms with Crippen molar-refractivity contribution < 1.29 is 13.2 Å². The molecule has 0 aliphatic carbocycles. The second-order valence-electron chi connectivity index (χ2n) is 7.41. The van der Waals surface area contributed by atoms with Crippen LogP contribution < -0.4 is 4.90 Å². The molecule has 0 unspecified atom stereocenters. The third-order valence-electron chi connectivity index (χ3n) is 5.55. The number of alkyl halides is 3. The Morgan fingerprint density at radius 3 is 2.61 bits per heavy atom. The molecule has 9 heteroatoms. The first-order valence-electron chi connectivity index (χ1n) is 9.15. The van der Waals surface area contributed by atoms with Crippen LogP contribution in [-0.4, -0.2) is 58.8 Å². The molecule has 0 N–H and O–H groups in total. The molecule has 0 spiro atoms. The summed E-state index contributed by atoms with van der Waals surface area (Å²) in [5.41, 5.74) is 2.08. The summed E-state index contributed by atoms with van der Waals surface area (Å²) < 4.78 is 40.7. The van der Waals surface area contributed by atoms with Crippen molar-refractivity contribution >= 4 is 39.2 Å². The first-order valence-corrected chi connectivity index (χ1v) is 9.53. The molecule has 1 fully saturated rings. The van der Waals surface area contributed by atoms with Gasteiger partial charge in [-0.2, -0.15) is 13.2 Å². The zero-order chi connectivity index (χ0) is 20.1. The van der Waals surface area contributed by atoms with Crippen molar-refractivity contribution in [3.8, 4) is 0 Å². The summed E-state index contributed by atoms with van der Waals surface area (Å²) in [5, 5.41) is 0.677. The van der Waals surface area contributed by atoms with E-state index >= 15 is 0 Å². The number of fused-ring (bicyclic) bond motifs is 3. The van der Waals surface area contributed by atoms with E-state index in [9.17, 15) is 13.2 Å². The van der Waals surface area contributed by atoms with Crippen LogP contribution in [0.3, 0.4) is 0 Å². The van der Waals surface area contributed by atoms with E-state index in [4.69, 9.17) is 11.6 Å². The van der Waals surface area contributed by atoms with E-state index in [1.54, 1.807) is 6.07 Å². The molecule has 3 heterocycles. The van der Waals surface area contributed by atoms with Crippen LogP contribution in [0.25, 0.3) is 21.9 Å². The molecule has 0 bridgehead atoms. The number of likely N-dealkylation sites (tertiary alicyclic amines) is 1. The van der Waals surface area contributed by atoms with Crippen LogP contribution >= 0.6 is 11.6 Å². The van der Waals surface area contributed by atoms with E-state index in [0.29, 0.717) is 22.5 Å². The molecule has 4 rings (SSSR count). The van der Waals surface area contributed by atoms with E-state index in [0.717, 1.165) is 36.2 Å². The normalized spacial score (nSPS) is 16.9. The second kappa shape index (κ2) is 7.08. The fourth-order valence-electron chi connectivity index (χ4n) is 4.02. The second-order valence-corrected chi connectivity index (χ2v) is 7.77. The number of benzene rings is 1. The van der Waals surface area contributed by atoms with E-state index in [1.165, 1.54) is 6.33 Å². The van der Waals surface area contributed by atoms with Gasteiger partial charge >= 0.3 is 6.18 Å². The summed E-state index contributed by atoms with van der Waals surface area (Å²) in [5.74, 6) is 0. The fraction of sp³-hybridized carbons (Fsp3) is 0.474.